The highest BCUT2D eigenvalue weighted by Crippen LogP contribution is 2.26. The standard InChI is InChI=1S/C28H24N4O3/c1-17-7-5-9-22(12-17)30-26(33)21(16-29)15-24-27(35-23-13-18(2)11-19(3)14-23)31-25-20(4)8-6-10-32(25)28(24)34/h5-15H,1-4H3,(H,30,33)/b21-15-. The summed E-state index contributed by atoms with van der Waals surface area (Å²) in [6.45, 7) is 7.62. The van der Waals surface area contributed by atoms with Crippen molar-refractivity contribution < 1.29 is 9.53 Å². The molecule has 0 bridgehead atoms. The van der Waals surface area contributed by atoms with Crippen molar-refractivity contribution in [3.05, 3.63) is 105 Å². The normalized spacial score (nSPS) is 11.2. The van der Waals surface area contributed by atoms with Crippen LogP contribution in [0, 0.1) is 39.0 Å². The minimum atomic E-state index is -0.635. The summed E-state index contributed by atoms with van der Waals surface area (Å²) >= 11 is 0. The summed E-state index contributed by atoms with van der Waals surface area (Å²) in [7, 11) is 0. The third kappa shape index (κ3) is 5.12. The second-order valence-electron chi connectivity index (χ2n) is 8.44. The molecule has 35 heavy (non-hydrogen) atoms. The van der Waals surface area contributed by atoms with Crippen molar-refractivity contribution in [1.82, 2.24) is 9.38 Å². The van der Waals surface area contributed by atoms with Crippen LogP contribution in [-0.4, -0.2) is 15.3 Å². The second kappa shape index (κ2) is 9.65. The molecule has 0 fully saturated rings. The molecular formula is C28H24N4O3. The van der Waals surface area contributed by atoms with Gasteiger partial charge in [-0.3, -0.25) is 14.0 Å². The number of anilines is 1. The summed E-state index contributed by atoms with van der Waals surface area (Å²) in [6, 6.07) is 18.4. The van der Waals surface area contributed by atoms with Crippen molar-refractivity contribution in [1.29, 1.82) is 5.26 Å². The molecule has 2 heterocycles. The molecule has 1 amide bonds. The van der Waals surface area contributed by atoms with Crippen molar-refractivity contribution in [3.8, 4) is 17.7 Å². The number of hydrogen-bond donors (Lipinski definition) is 1. The van der Waals surface area contributed by atoms with E-state index in [1.54, 1.807) is 30.5 Å². The number of amides is 1. The van der Waals surface area contributed by atoms with E-state index in [1.807, 2.05) is 64.1 Å². The Morgan fingerprint density at radius 1 is 1.03 bits per heavy atom. The lowest BCUT2D eigenvalue weighted by atomic mass is 10.1. The Hall–Kier alpha value is -4.70. The number of pyridine rings is 1. The van der Waals surface area contributed by atoms with Crippen LogP contribution < -0.4 is 15.6 Å². The Morgan fingerprint density at radius 2 is 1.77 bits per heavy atom. The number of fused-ring (bicyclic) bond motifs is 1. The largest absolute Gasteiger partial charge is 0.438 e. The molecule has 1 N–H and O–H groups in total. The Labute approximate surface area is 203 Å². The van der Waals surface area contributed by atoms with Crippen LogP contribution in [0.15, 0.2) is 71.2 Å². The van der Waals surface area contributed by atoms with Gasteiger partial charge in [0, 0.05) is 11.9 Å². The summed E-state index contributed by atoms with van der Waals surface area (Å²) < 4.78 is 7.44. The highest BCUT2D eigenvalue weighted by Gasteiger charge is 2.18. The number of nitrogens with zero attached hydrogens (tertiary/aromatic N) is 3. The lowest BCUT2D eigenvalue weighted by Crippen LogP contribution is -2.20. The molecule has 0 aliphatic carbocycles. The first kappa shape index (κ1) is 23.5. The second-order valence-corrected chi connectivity index (χ2v) is 8.44. The van der Waals surface area contributed by atoms with Crippen molar-refractivity contribution in [2.45, 2.75) is 27.7 Å². The molecule has 0 aliphatic rings. The van der Waals surface area contributed by atoms with Crippen LogP contribution in [0.5, 0.6) is 11.6 Å². The predicted molar refractivity (Wildman–Crippen MR) is 136 cm³/mol. The number of ether oxygens (including phenoxy) is 1. The van der Waals surface area contributed by atoms with Gasteiger partial charge >= 0.3 is 0 Å². The fraction of sp³-hybridized carbons (Fsp3) is 0.143. The van der Waals surface area contributed by atoms with Crippen LogP contribution in [0.4, 0.5) is 5.69 Å². The number of rotatable bonds is 5. The number of carbonyl (C=O) groups is 1. The summed E-state index contributed by atoms with van der Waals surface area (Å²) in [5, 5.41) is 12.4. The van der Waals surface area contributed by atoms with Gasteiger partial charge in [-0.05, 0) is 86.4 Å². The molecular weight excluding hydrogens is 440 g/mol. The third-order valence-corrected chi connectivity index (χ3v) is 5.39. The first-order valence-corrected chi connectivity index (χ1v) is 11.0. The minimum Gasteiger partial charge on any atom is -0.438 e. The molecule has 0 saturated heterocycles. The van der Waals surface area contributed by atoms with Gasteiger partial charge in [-0.15, -0.1) is 0 Å². The molecule has 2 aromatic heterocycles. The van der Waals surface area contributed by atoms with E-state index >= 15 is 0 Å². The number of nitrogens with one attached hydrogen (secondary N) is 1. The summed E-state index contributed by atoms with van der Waals surface area (Å²) in [5.41, 5.74) is 4.00. The number of hydrogen-bond acceptors (Lipinski definition) is 5. The van der Waals surface area contributed by atoms with Gasteiger partial charge in [-0.2, -0.15) is 10.2 Å². The van der Waals surface area contributed by atoms with E-state index in [4.69, 9.17) is 4.74 Å². The average Bonchev–Trinajstić information content (AvgIpc) is 2.79. The van der Waals surface area contributed by atoms with Gasteiger partial charge in [0.25, 0.3) is 11.5 Å². The molecule has 0 spiro atoms. The zero-order valence-corrected chi connectivity index (χ0v) is 19.9. The monoisotopic (exact) mass is 464 g/mol. The van der Waals surface area contributed by atoms with E-state index in [0.29, 0.717) is 17.1 Å². The molecule has 7 nitrogen and oxygen atoms in total. The fourth-order valence-electron chi connectivity index (χ4n) is 3.81. The molecule has 174 valence electrons. The molecule has 0 aliphatic heterocycles. The topological polar surface area (TPSA) is 96.5 Å². The SMILES string of the molecule is Cc1cccc(NC(=O)/C(C#N)=C\c2c(Oc3cc(C)cc(C)c3)nc3c(C)cccn3c2=O)c1. The zero-order chi connectivity index (χ0) is 25.1. The maximum Gasteiger partial charge on any atom is 0.269 e. The fourth-order valence-corrected chi connectivity index (χ4v) is 3.81. The lowest BCUT2D eigenvalue weighted by molar-refractivity contribution is -0.112. The maximum atomic E-state index is 13.5. The average molecular weight is 465 g/mol. The first-order chi connectivity index (χ1) is 16.7. The molecule has 0 unspecified atom stereocenters. The van der Waals surface area contributed by atoms with Gasteiger partial charge in [0.1, 0.15) is 28.6 Å². The van der Waals surface area contributed by atoms with Crippen LogP contribution in [-0.2, 0) is 4.79 Å². The Bertz CT molecular complexity index is 1570. The van der Waals surface area contributed by atoms with Gasteiger partial charge in [0.05, 0.1) is 0 Å². The number of aromatic nitrogens is 2. The van der Waals surface area contributed by atoms with E-state index in [0.717, 1.165) is 22.3 Å². The van der Waals surface area contributed by atoms with E-state index in [2.05, 4.69) is 10.3 Å². The number of benzene rings is 2. The highest BCUT2D eigenvalue weighted by atomic mass is 16.5. The van der Waals surface area contributed by atoms with Gasteiger partial charge in [-0.25, -0.2) is 0 Å². The van der Waals surface area contributed by atoms with Crippen molar-refractivity contribution in [2.75, 3.05) is 5.32 Å². The van der Waals surface area contributed by atoms with Crippen molar-refractivity contribution in [3.63, 3.8) is 0 Å². The number of carbonyl (C=O) groups excluding carboxylic acids is 1. The van der Waals surface area contributed by atoms with Crippen molar-refractivity contribution in [2.24, 2.45) is 0 Å². The molecule has 0 radical (unpaired) electrons. The van der Waals surface area contributed by atoms with Crippen LogP contribution in [0.1, 0.15) is 27.8 Å². The van der Waals surface area contributed by atoms with E-state index in [1.165, 1.54) is 10.5 Å². The van der Waals surface area contributed by atoms with Gasteiger partial charge in [-0.1, -0.05) is 24.3 Å². The smallest absolute Gasteiger partial charge is 0.269 e. The molecule has 0 saturated carbocycles. The Morgan fingerprint density at radius 3 is 2.46 bits per heavy atom. The lowest BCUT2D eigenvalue weighted by Gasteiger charge is -2.12. The summed E-state index contributed by atoms with van der Waals surface area (Å²) in [4.78, 5) is 30.9. The molecule has 4 rings (SSSR count). The van der Waals surface area contributed by atoms with Gasteiger partial charge in [0.2, 0.25) is 5.88 Å². The van der Waals surface area contributed by atoms with Crippen LogP contribution in [0.3, 0.4) is 0 Å². The highest BCUT2D eigenvalue weighted by molar-refractivity contribution is 6.09. The van der Waals surface area contributed by atoms with Gasteiger partial charge < -0.3 is 10.1 Å². The quantitative estimate of drug-likeness (QED) is 0.321. The number of nitriles is 1. The van der Waals surface area contributed by atoms with E-state index < -0.39 is 11.5 Å². The van der Waals surface area contributed by atoms with E-state index in [9.17, 15) is 14.9 Å². The van der Waals surface area contributed by atoms with Crippen molar-refractivity contribution >= 4 is 23.3 Å². The maximum absolute atomic E-state index is 13.5. The Kier molecular flexibility index (Phi) is 6.47. The van der Waals surface area contributed by atoms with Crippen LogP contribution in [0.2, 0.25) is 0 Å². The molecule has 0 atom stereocenters. The van der Waals surface area contributed by atoms with Crippen LogP contribution >= 0.6 is 0 Å². The molecule has 2 aromatic carbocycles. The molecule has 4 aromatic rings. The summed E-state index contributed by atoms with van der Waals surface area (Å²) in [6.07, 6.45) is 2.82. The Balaban J connectivity index is 1.85. The first-order valence-electron chi connectivity index (χ1n) is 11.0. The summed E-state index contributed by atoms with van der Waals surface area (Å²) in [5.74, 6) is -0.112. The van der Waals surface area contributed by atoms with Gasteiger partial charge in [0.15, 0.2) is 0 Å². The predicted octanol–water partition coefficient (Wildman–Crippen LogP) is 5.27. The number of aryl methyl sites for hydroxylation is 4. The van der Waals surface area contributed by atoms with E-state index in [-0.39, 0.29) is 17.0 Å². The zero-order valence-electron chi connectivity index (χ0n) is 19.9. The molecule has 7 heteroatoms. The van der Waals surface area contributed by atoms with Crippen LogP contribution in [0.25, 0.3) is 11.7 Å². The third-order valence-electron chi connectivity index (χ3n) is 5.39. The minimum absolute atomic E-state index is 0.00296.